The molecule has 1 saturated heterocycles. The number of carbonyl (C=O) groups excluding carboxylic acids is 1. The van der Waals surface area contributed by atoms with Crippen LogP contribution in [-0.4, -0.2) is 67.7 Å². The summed E-state index contributed by atoms with van der Waals surface area (Å²) in [4.78, 5) is 16.3. The molecule has 33 heavy (non-hydrogen) atoms. The van der Waals surface area contributed by atoms with Crippen molar-refractivity contribution in [2.24, 2.45) is 0 Å². The van der Waals surface area contributed by atoms with Gasteiger partial charge >= 0.3 is 6.18 Å². The lowest BCUT2D eigenvalue weighted by Crippen LogP contribution is -2.50. The minimum atomic E-state index is -4.63. The topological polar surface area (TPSA) is 60.9 Å². The number of amides is 1. The Morgan fingerprint density at radius 3 is 2.12 bits per heavy atom. The Morgan fingerprint density at radius 2 is 1.58 bits per heavy atom. The first-order valence-corrected chi connectivity index (χ1v) is 12.3. The van der Waals surface area contributed by atoms with Gasteiger partial charge < -0.3 is 4.90 Å². The third-order valence-corrected chi connectivity index (χ3v) is 7.72. The second-order valence-electron chi connectivity index (χ2n) is 7.88. The van der Waals surface area contributed by atoms with Crippen LogP contribution in [0, 0.1) is 0 Å². The highest BCUT2D eigenvalue weighted by molar-refractivity contribution is 7.89. The van der Waals surface area contributed by atoms with Crippen LogP contribution in [0.4, 0.5) is 13.2 Å². The predicted octanol–water partition coefficient (Wildman–Crippen LogP) is 3.69. The van der Waals surface area contributed by atoms with E-state index in [1.165, 1.54) is 0 Å². The largest absolute Gasteiger partial charge is 0.416 e. The Hall–Kier alpha value is -2.43. The Labute approximate surface area is 192 Å². The van der Waals surface area contributed by atoms with E-state index < -0.39 is 26.7 Å². The van der Waals surface area contributed by atoms with Gasteiger partial charge in [-0.1, -0.05) is 32.0 Å². The summed E-state index contributed by atoms with van der Waals surface area (Å²) in [5.41, 5.74) is 0.613. The van der Waals surface area contributed by atoms with E-state index in [9.17, 15) is 26.4 Å². The van der Waals surface area contributed by atoms with Crippen LogP contribution in [0.25, 0.3) is 0 Å². The average molecular weight is 484 g/mol. The quantitative estimate of drug-likeness (QED) is 0.603. The zero-order valence-electron chi connectivity index (χ0n) is 18.7. The molecule has 1 aliphatic rings. The fraction of sp³-hybridized carbons (Fsp3) is 0.435. The van der Waals surface area contributed by atoms with Gasteiger partial charge in [-0.15, -0.1) is 0 Å². The molecule has 0 radical (unpaired) electrons. The van der Waals surface area contributed by atoms with Crippen LogP contribution >= 0.6 is 0 Å². The van der Waals surface area contributed by atoms with Crippen LogP contribution in [0.1, 0.15) is 35.3 Å². The first-order valence-electron chi connectivity index (χ1n) is 10.8. The standard InChI is InChI=1S/C23H28F3N3O3S/c1-3-27(4-2)17-18-8-10-19(11-9-18)22(30)28-12-14-29(15-13-28)33(31,32)21-7-5-6-20(16-21)23(24,25)26/h5-11,16H,3-4,12-15,17H2,1-2H3. The third kappa shape index (κ3) is 5.93. The molecule has 1 fully saturated rings. The van der Waals surface area contributed by atoms with Gasteiger partial charge in [0.2, 0.25) is 10.0 Å². The third-order valence-electron chi connectivity index (χ3n) is 5.83. The van der Waals surface area contributed by atoms with Crippen molar-refractivity contribution >= 4 is 15.9 Å². The second kappa shape index (κ2) is 10.2. The maximum absolute atomic E-state index is 13.0. The highest BCUT2D eigenvalue weighted by atomic mass is 32.2. The van der Waals surface area contributed by atoms with E-state index in [2.05, 4.69) is 18.7 Å². The van der Waals surface area contributed by atoms with Gasteiger partial charge in [-0.05, 0) is 49.0 Å². The molecule has 1 heterocycles. The van der Waals surface area contributed by atoms with E-state index in [1.807, 2.05) is 12.1 Å². The number of sulfonamides is 1. The number of halogens is 3. The number of carbonyl (C=O) groups is 1. The van der Waals surface area contributed by atoms with Crippen molar-refractivity contribution in [1.82, 2.24) is 14.1 Å². The van der Waals surface area contributed by atoms with Crippen molar-refractivity contribution in [1.29, 1.82) is 0 Å². The molecule has 0 N–H and O–H groups in total. The predicted molar refractivity (Wildman–Crippen MR) is 119 cm³/mol. The molecule has 1 aliphatic heterocycles. The molecule has 0 unspecified atom stereocenters. The van der Waals surface area contributed by atoms with Crippen LogP contribution in [0.3, 0.4) is 0 Å². The number of alkyl halides is 3. The van der Waals surface area contributed by atoms with Gasteiger partial charge in [0.15, 0.2) is 0 Å². The Morgan fingerprint density at radius 1 is 0.970 bits per heavy atom. The maximum Gasteiger partial charge on any atom is 0.416 e. The summed E-state index contributed by atoms with van der Waals surface area (Å²) in [5.74, 6) is -0.194. The maximum atomic E-state index is 13.0. The fourth-order valence-electron chi connectivity index (χ4n) is 3.75. The van der Waals surface area contributed by atoms with Crippen molar-refractivity contribution in [2.75, 3.05) is 39.3 Å². The second-order valence-corrected chi connectivity index (χ2v) is 9.82. The molecule has 0 atom stereocenters. The molecule has 2 aromatic rings. The van der Waals surface area contributed by atoms with Gasteiger partial charge in [-0.25, -0.2) is 8.42 Å². The molecule has 1 amide bonds. The van der Waals surface area contributed by atoms with Crippen LogP contribution in [-0.2, 0) is 22.7 Å². The number of hydrogen-bond donors (Lipinski definition) is 0. The van der Waals surface area contributed by atoms with Crippen molar-refractivity contribution in [3.05, 3.63) is 65.2 Å². The van der Waals surface area contributed by atoms with E-state index in [0.717, 1.165) is 47.7 Å². The minimum Gasteiger partial charge on any atom is -0.336 e. The molecular weight excluding hydrogens is 455 g/mol. The highest BCUT2D eigenvalue weighted by Gasteiger charge is 2.34. The fourth-order valence-corrected chi connectivity index (χ4v) is 5.22. The Bertz CT molecular complexity index is 1060. The number of benzene rings is 2. The lowest BCUT2D eigenvalue weighted by Gasteiger charge is -2.34. The molecule has 3 rings (SSSR count). The van der Waals surface area contributed by atoms with Gasteiger partial charge in [0.05, 0.1) is 10.5 Å². The van der Waals surface area contributed by atoms with E-state index in [1.54, 1.807) is 17.0 Å². The first-order chi connectivity index (χ1) is 15.6. The molecule has 0 saturated carbocycles. The number of hydrogen-bond acceptors (Lipinski definition) is 4. The van der Waals surface area contributed by atoms with Crippen molar-refractivity contribution in [2.45, 2.75) is 31.5 Å². The molecule has 0 bridgehead atoms. The van der Waals surface area contributed by atoms with E-state index >= 15 is 0 Å². The van der Waals surface area contributed by atoms with Crippen molar-refractivity contribution in [3.8, 4) is 0 Å². The summed E-state index contributed by atoms with van der Waals surface area (Å²) >= 11 is 0. The molecular formula is C23H28F3N3O3S. The lowest BCUT2D eigenvalue weighted by molar-refractivity contribution is -0.137. The summed E-state index contributed by atoms with van der Waals surface area (Å²) < 4.78 is 65.7. The smallest absolute Gasteiger partial charge is 0.336 e. The zero-order chi connectivity index (χ0) is 24.2. The van der Waals surface area contributed by atoms with Gasteiger partial charge in [0, 0.05) is 38.3 Å². The minimum absolute atomic E-state index is 0.0182. The molecule has 180 valence electrons. The van der Waals surface area contributed by atoms with Crippen molar-refractivity contribution in [3.63, 3.8) is 0 Å². The van der Waals surface area contributed by atoms with E-state index in [4.69, 9.17) is 0 Å². The van der Waals surface area contributed by atoms with Gasteiger partial charge in [-0.2, -0.15) is 17.5 Å². The first kappa shape index (κ1) is 25.2. The van der Waals surface area contributed by atoms with Crippen LogP contribution < -0.4 is 0 Å². The monoisotopic (exact) mass is 483 g/mol. The summed E-state index contributed by atoms with van der Waals surface area (Å²) in [6, 6.07) is 11.1. The molecule has 10 heteroatoms. The summed E-state index contributed by atoms with van der Waals surface area (Å²) in [6.07, 6.45) is -4.63. The molecule has 2 aromatic carbocycles. The van der Waals surface area contributed by atoms with Crippen LogP contribution in [0.15, 0.2) is 53.4 Å². The average Bonchev–Trinajstić information content (AvgIpc) is 2.82. The van der Waals surface area contributed by atoms with Crippen LogP contribution in [0.2, 0.25) is 0 Å². The van der Waals surface area contributed by atoms with Crippen molar-refractivity contribution < 1.29 is 26.4 Å². The summed E-state index contributed by atoms with van der Waals surface area (Å²) in [5, 5.41) is 0. The Kier molecular flexibility index (Phi) is 7.81. The normalized spacial score (nSPS) is 15.8. The van der Waals surface area contributed by atoms with Gasteiger partial charge in [0.1, 0.15) is 0 Å². The van der Waals surface area contributed by atoms with E-state index in [-0.39, 0.29) is 32.1 Å². The molecule has 6 nitrogen and oxygen atoms in total. The van der Waals surface area contributed by atoms with Gasteiger partial charge in [0.25, 0.3) is 5.91 Å². The molecule has 0 aromatic heterocycles. The summed E-state index contributed by atoms with van der Waals surface area (Å²) in [6.45, 7) is 7.22. The SMILES string of the molecule is CCN(CC)Cc1ccc(C(=O)N2CCN(S(=O)(=O)c3cccc(C(F)(F)F)c3)CC2)cc1. The Balaban J connectivity index is 1.64. The number of rotatable bonds is 7. The summed E-state index contributed by atoms with van der Waals surface area (Å²) in [7, 11) is -4.09. The number of nitrogens with zero attached hydrogens (tertiary/aromatic N) is 3. The zero-order valence-corrected chi connectivity index (χ0v) is 19.5. The highest BCUT2D eigenvalue weighted by Crippen LogP contribution is 2.31. The van der Waals surface area contributed by atoms with Crippen LogP contribution in [0.5, 0.6) is 0 Å². The molecule has 0 spiro atoms. The van der Waals surface area contributed by atoms with E-state index in [0.29, 0.717) is 11.6 Å². The van der Waals surface area contributed by atoms with Gasteiger partial charge in [-0.3, -0.25) is 9.69 Å². The molecule has 0 aliphatic carbocycles. The lowest BCUT2D eigenvalue weighted by atomic mass is 10.1. The number of piperazine rings is 1.